The lowest BCUT2D eigenvalue weighted by molar-refractivity contribution is -0.137. The Morgan fingerprint density at radius 3 is 2.17 bits per heavy atom. The number of rotatable bonds is 9. The second kappa shape index (κ2) is 9.37. The Morgan fingerprint density at radius 1 is 1.17 bits per heavy atom. The Labute approximate surface area is 113 Å². The third-order valence-corrected chi connectivity index (χ3v) is 3.30. The number of hydrogen-bond donors (Lipinski definition) is 1. The SMILES string of the molecule is CCCCCN(C(=O)C(CN)CC(C)C)C(C)C. The summed E-state index contributed by atoms with van der Waals surface area (Å²) in [5.41, 5.74) is 5.77. The predicted molar refractivity (Wildman–Crippen MR) is 78.4 cm³/mol. The Bertz CT molecular complexity index is 227. The van der Waals surface area contributed by atoms with Gasteiger partial charge in [-0.2, -0.15) is 0 Å². The lowest BCUT2D eigenvalue weighted by atomic mass is 9.95. The zero-order chi connectivity index (χ0) is 14.1. The van der Waals surface area contributed by atoms with Crippen LogP contribution in [-0.4, -0.2) is 29.9 Å². The van der Waals surface area contributed by atoms with Crippen molar-refractivity contribution in [1.82, 2.24) is 4.90 Å². The van der Waals surface area contributed by atoms with Crippen molar-refractivity contribution in [2.75, 3.05) is 13.1 Å². The maximum Gasteiger partial charge on any atom is 0.227 e. The van der Waals surface area contributed by atoms with Crippen LogP contribution in [0, 0.1) is 11.8 Å². The van der Waals surface area contributed by atoms with E-state index in [0.717, 1.165) is 19.4 Å². The molecule has 1 atom stereocenters. The molecule has 1 amide bonds. The molecule has 0 aromatic carbocycles. The summed E-state index contributed by atoms with van der Waals surface area (Å²) in [6.45, 7) is 12.0. The topological polar surface area (TPSA) is 46.3 Å². The van der Waals surface area contributed by atoms with Gasteiger partial charge in [-0.05, 0) is 32.6 Å². The van der Waals surface area contributed by atoms with Crippen molar-refractivity contribution in [3.63, 3.8) is 0 Å². The monoisotopic (exact) mass is 256 g/mol. The second-order valence-electron chi connectivity index (χ2n) is 5.89. The molecule has 108 valence electrons. The zero-order valence-electron chi connectivity index (χ0n) is 12.9. The van der Waals surface area contributed by atoms with E-state index >= 15 is 0 Å². The van der Waals surface area contributed by atoms with Gasteiger partial charge in [-0.1, -0.05) is 33.6 Å². The molecule has 0 rings (SSSR count). The molecule has 0 aromatic heterocycles. The predicted octanol–water partition coefficient (Wildman–Crippen LogP) is 3.03. The van der Waals surface area contributed by atoms with E-state index in [1.807, 2.05) is 4.90 Å². The van der Waals surface area contributed by atoms with Gasteiger partial charge in [-0.3, -0.25) is 4.79 Å². The molecule has 0 aliphatic heterocycles. The molecule has 0 radical (unpaired) electrons. The minimum atomic E-state index is -0.00553. The summed E-state index contributed by atoms with van der Waals surface area (Å²) in [6, 6.07) is 0.274. The van der Waals surface area contributed by atoms with Gasteiger partial charge in [0, 0.05) is 19.1 Å². The molecule has 0 aromatic rings. The Kier molecular flexibility index (Phi) is 9.08. The first-order valence-corrected chi connectivity index (χ1v) is 7.44. The van der Waals surface area contributed by atoms with Gasteiger partial charge in [-0.25, -0.2) is 0 Å². The highest BCUT2D eigenvalue weighted by Crippen LogP contribution is 2.16. The molecule has 2 N–H and O–H groups in total. The molecule has 3 nitrogen and oxygen atoms in total. The van der Waals surface area contributed by atoms with Gasteiger partial charge in [0.1, 0.15) is 0 Å². The van der Waals surface area contributed by atoms with Crippen molar-refractivity contribution < 1.29 is 4.79 Å². The minimum Gasteiger partial charge on any atom is -0.340 e. The van der Waals surface area contributed by atoms with Crippen molar-refractivity contribution in [1.29, 1.82) is 0 Å². The number of nitrogens with zero attached hydrogens (tertiary/aromatic N) is 1. The van der Waals surface area contributed by atoms with E-state index in [-0.39, 0.29) is 17.9 Å². The maximum absolute atomic E-state index is 12.5. The number of amides is 1. The number of nitrogens with two attached hydrogens (primary N) is 1. The summed E-state index contributed by atoms with van der Waals surface area (Å²) in [5.74, 6) is 0.762. The van der Waals surface area contributed by atoms with Crippen molar-refractivity contribution >= 4 is 5.91 Å². The van der Waals surface area contributed by atoms with Crippen molar-refractivity contribution in [3.05, 3.63) is 0 Å². The first-order chi connectivity index (χ1) is 8.43. The molecular formula is C15H32N2O. The minimum absolute atomic E-state index is 0.00553. The van der Waals surface area contributed by atoms with Gasteiger partial charge >= 0.3 is 0 Å². The largest absolute Gasteiger partial charge is 0.340 e. The lowest BCUT2D eigenvalue weighted by Crippen LogP contribution is -2.44. The molecule has 0 saturated carbocycles. The van der Waals surface area contributed by atoms with Crippen LogP contribution < -0.4 is 5.73 Å². The average Bonchev–Trinajstić information content (AvgIpc) is 2.30. The van der Waals surface area contributed by atoms with E-state index in [2.05, 4.69) is 34.6 Å². The quantitative estimate of drug-likeness (QED) is 0.645. The molecular weight excluding hydrogens is 224 g/mol. The maximum atomic E-state index is 12.5. The zero-order valence-corrected chi connectivity index (χ0v) is 12.9. The van der Waals surface area contributed by atoms with Gasteiger partial charge in [0.15, 0.2) is 0 Å². The molecule has 3 heteroatoms. The summed E-state index contributed by atoms with van der Waals surface area (Å²) in [7, 11) is 0. The summed E-state index contributed by atoms with van der Waals surface area (Å²) >= 11 is 0. The molecule has 0 aliphatic carbocycles. The molecule has 0 spiro atoms. The normalized spacial score (nSPS) is 13.1. The molecule has 1 unspecified atom stereocenters. The fraction of sp³-hybridized carbons (Fsp3) is 0.933. The van der Waals surface area contributed by atoms with E-state index in [0.29, 0.717) is 12.5 Å². The molecule has 0 bridgehead atoms. The van der Waals surface area contributed by atoms with Crippen LogP contribution >= 0.6 is 0 Å². The Morgan fingerprint density at radius 2 is 1.78 bits per heavy atom. The number of carbonyl (C=O) groups excluding carboxylic acids is 1. The Hall–Kier alpha value is -0.570. The first-order valence-electron chi connectivity index (χ1n) is 7.44. The third kappa shape index (κ3) is 6.39. The van der Waals surface area contributed by atoms with Gasteiger partial charge in [-0.15, -0.1) is 0 Å². The van der Waals surface area contributed by atoms with E-state index in [1.165, 1.54) is 12.8 Å². The summed E-state index contributed by atoms with van der Waals surface area (Å²) in [5, 5.41) is 0. The van der Waals surface area contributed by atoms with Gasteiger partial charge in [0.05, 0.1) is 5.92 Å². The molecule has 0 heterocycles. The van der Waals surface area contributed by atoms with Gasteiger partial charge in [0.2, 0.25) is 5.91 Å². The summed E-state index contributed by atoms with van der Waals surface area (Å²) in [6.07, 6.45) is 4.37. The highest BCUT2D eigenvalue weighted by Gasteiger charge is 2.25. The van der Waals surface area contributed by atoms with Crippen LogP contribution in [-0.2, 0) is 4.79 Å². The van der Waals surface area contributed by atoms with Crippen LogP contribution in [0.4, 0.5) is 0 Å². The fourth-order valence-corrected chi connectivity index (χ4v) is 2.26. The van der Waals surface area contributed by atoms with Crippen LogP contribution in [0.5, 0.6) is 0 Å². The molecule has 0 saturated heterocycles. The van der Waals surface area contributed by atoms with E-state index in [1.54, 1.807) is 0 Å². The van der Waals surface area contributed by atoms with E-state index < -0.39 is 0 Å². The fourth-order valence-electron chi connectivity index (χ4n) is 2.26. The van der Waals surface area contributed by atoms with Crippen LogP contribution in [0.1, 0.15) is 60.3 Å². The van der Waals surface area contributed by atoms with E-state index in [4.69, 9.17) is 5.73 Å². The van der Waals surface area contributed by atoms with Gasteiger partial charge < -0.3 is 10.6 Å². The summed E-state index contributed by atoms with van der Waals surface area (Å²) in [4.78, 5) is 14.5. The lowest BCUT2D eigenvalue weighted by Gasteiger charge is -2.31. The molecule has 0 aliphatic rings. The Balaban J connectivity index is 4.51. The highest BCUT2D eigenvalue weighted by molar-refractivity contribution is 5.79. The first kappa shape index (κ1) is 17.4. The highest BCUT2D eigenvalue weighted by atomic mass is 16.2. The number of unbranched alkanes of at least 4 members (excludes halogenated alkanes) is 2. The smallest absolute Gasteiger partial charge is 0.227 e. The standard InChI is InChI=1S/C15H32N2O/c1-6-7-8-9-17(13(4)5)15(18)14(11-16)10-12(2)3/h12-14H,6-11,16H2,1-5H3. The summed E-state index contributed by atoms with van der Waals surface area (Å²) < 4.78 is 0. The van der Waals surface area contributed by atoms with Crippen molar-refractivity contribution in [2.45, 2.75) is 66.3 Å². The third-order valence-electron chi connectivity index (χ3n) is 3.30. The van der Waals surface area contributed by atoms with Crippen molar-refractivity contribution in [2.24, 2.45) is 17.6 Å². The van der Waals surface area contributed by atoms with Crippen molar-refractivity contribution in [3.8, 4) is 0 Å². The van der Waals surface area contributed by atoms with Crippen LogP contribution in [0.15, 0.2) is 0 Å². The van der Waals surface area contributed by atoms with Crippen LogP contribution in [0.2, 0.25) is 0 Å². The average molecular weight is 256 g/mol. The number of hydrogen-bond acceptors (Lipinski definition) is 2. The van der Waals surface area contributed by atoms with Crippen LogP contribution in [0.3, 0.4) is 0 Å². The molecule has 0 fully saturated rings. The van der Waals surface area contributed by atoms with E-state index in [9.17, 15) is 4.79 Å². The number of carbonyl (C=O) groups is 1. The second-order valence-corrected chi connectivity index (χ2v) is 5.89. The molecule has 18 heavy (non-hydrogen) atoms. The van der Waals surface area contributed by atoms with Crippen LogP contribution in [0.25, 0.3) is 0 Å². The van der Waals surface area contributed by atoms with Gasteiger partial charge in [0.25, 0.3) is 0 Å².